The summed E-state index contributed by atoms with van der Waals surface area (Å²) >= 11 is 0. The van der Waals surface area contributed by atoms with E-state index in [0.29, 0.717) is 11.7 Å². The molecular weight excluding hydrogens is 244 g/mol. The Bertz CT molecular complexity index is 475. The molecule has 0 radical (unpaired) electrons. The molecule has 0 aromatic carbocycles. The van der Waals surface area contributed by atoms with E-state index < -0.39 is 11.9 Å². The third kappa shape index (κ3) is 3.16. The van der Waals surface area contributed by atoms with Crippen molar-refractivity contribution in [3.8, 4) is 0 Å². The van der Waals surface area contributed by atoms with Crippen LogP contribution in [-0.2, 0) is 4.79 Å². The predicted octanol–water partition coefficient (Wildman–Crippen LogP) is 1.91. The summed E-state index contributed by atoms with van der Waals surface area (Å²) < 4.78 is 1.97. The van der Waals surface area contributed by atoms with E-state index in [2.05, 4.69) is 5.32 Å². The molecule has 1 aromatic rings. The van der Waals surface area contributed by atoms with E-state index in [4.69, 9.17) is 5.11 Å². The van der Waals surface area contributed by atoms with Crippen molar-refractivity contribution < 1.29 is 14.7 Å². The molecule has 1 saturated carbocycles. The van der Waals surface area contributed by atoms with Crippen LogP contribution in [-0.4, -0.2) is 28.1 Å². The SMILES string of the molecule is CC(C)C(CNC(=O)c1cccn1C1CC1)C(=O)O. The van der Waals surface area contributed by atoms with Crippen LogP contribution in [0.4, 0.5) is 0 Å². The van der Waals surface area contributed by atoms with E-state index in [1.807, 2.05) is 30.7 Å². The average molecular weight is 264 g/mol. The molecule has 0 bridgehead atoms. The van der Waals surface area contributed by atoms with Crippen molar-refractivity contribution in [3.05, 3.63) is 24.0 Å². The molecule has 0 spiro atoms. The molecule has 1 unspecified atom stereocenters. The predicted molar refractivity (Wildman–Crippen MR) is 71.0 cm³/mol. The van der Waals surface area contributed by atoms with Crippen molar-refractivity contribution in [3.63, 3.8) is 0 Å². The van der Waals surface area contributed by atoms with E-state index >= 15 is 0 Å². The molecule has 1 aliphatic rings. The van der Waals surface area contributed by atoms with Crippen molar-refractivity contribution in [1.82, 2.24) is 9.88 Å². The zero-order valence-corrected chi connectivity index (χ0v) is 11.3. The van der Waals surface area contributed by atoms with Crippen molar-refractivity contribution in [2.75, 3.05) is 6.54 Å². The number of hydrogen-bond acceptors (Lipinski definition) is 2. The summed E-state index contributed by atoms with van der Waals surface area (Å²) in [5.41, 5.74) is 0.621. The Balaban J connectivity index is 1.97. The van der Waals surface area contributed by atoms with Crippen LogP contribution in [0.1, 0.15) is 43.2 Å². The number of aromatic nitrogens is 1. The minimum atomic E-state index is -0.868. The standard InChI is InChI=1S/C14H20N2O3/c1-9(2)11(14(18)19)8-15-13(17)12-4-3-7-16(12)10-5-6-10/h3-4,7,9-11H,5-6,8H2,1-2H3,(H,15,17)(H,18,19). The maximum absolute atomic E-state index is 12.1. The Labute approximate surface area is 112 Å². The number of nitrogens with one attached hydrogen (secondary N) is 1. The lowest BCUT2D eigenvalue weighted by atomic mass is 9.96. The molecule has 0 saturated heterocycles. The van der Waals surface area contributed by atoms with Crippen molar-refractivity contribution in [2.45, 2.75) is 32.7 Å². The molecule has 1 atom stereocenters. The first-order valence-electron chi connectivity index (χ1n) is 6.68. The van der Waals surface area contributed by atoms with Crippen LogP contribution in [0.25, 0.3) is 0 Å². The number of aliphatic carboxylic acids is 1. The molecule has 1 fully saturated rings. The van der Waals surface area contributed by atoms with Gasteiger partial charge in [-0.1, -0.05) is 13.8 Å². The number of carboxylic acids is 1. The molecule has 0 aliphatic heterocycles. The number of rotatable bonds is 6. The summed E-state index contributed by atoms with van der Waals surface area (Å²) in [7, 11) is 0. The Morgan fingerprint density at radius 2 is 2.16 bits per heavy atom. The second kappa shape index (κ2) is 5.47. The molecule has 2 N–H and O–H groups in total. The minimum absolute atomic E-state index is 0.00646. The lowest BCUT2D eigenvalue weighted by Crippen LogP contribution is -2.36. The highest BCUT2D eigenvalue weighted by Crippen LogP contribution is 2.35. The summed E-state index contributed by atoms with van der Waals surface area (Å²) in [5.74, 6) is -1.61. The molecule has 1 heterocycles. The molecule has 1 aromatic heterocycles. The fourth-order valence-electron chi connectivity index (χ4n) is 2.16. The van der Waals surface area contributed by atoms with Gasteiger partial charge in [0, 0.05) is 18.8 Å². The Morgan fingerprint density at radius 1 is 1.47 bits per heavy atom. The van der Waals surface area contributed by atoms with Gasteiger partial charge in [-0.2, -0.15) is 0 Å². The van der Waals surface area contributed by atoms with E-state index in [0.717, 1.165) is 12.8 Å². The number of carboxylic acid groups (broad SMARTS) is 1. The Morgan fingerprint density at radius 3 is 2.68 bits per heavy atom. The lowest BCUT2D eigenvalue weighted by molar-refractivity contribution is -0.142. The summed E-state index contributed by atoms with van der Waals surface area (Å²) in [6, 6.07) is 4.07. The van der Waals surface area contributed by atoms with Crippen LogP contribution in [0.5, 0.6) is 0 Å². The van der Waals surface area contributed by atoms with E-state index in [1.165, 1.54) is 0 Å². The number of hydrogen-bond donors (Lipinski definition) is 2. The first kappa shape index (κ1) is 13.6. The van der Waals surface area contributed by atoms with Gasteiger partial charge in [0.05, 0.1) is 5.92 Å². The highest BCUT2D eigenvalue weighted by atomic mass is 16.4. The summed E-state index contributed by atoms with van der Waals surface area (Å²) in [6.07, 6.45) is 4.13. The van der Waals surface area contributed by atoms with Crippen molar-refractivity contribution >= 4 is 11.9 Å². The maximum Gasteiger partial charge on any atom is 0.308 e. The first-order valence-corrected chi connectivity index (χ1v) is 6.68. The highest BCUT2D eigenvalue weighted by molar-refractivity contribution is 5.93. The first-order chi connectivity index (χ1) is 9.00. The number of carbonyl (C=O) groups is 2. The molecule has 5 heteroatoms. The quantitative estimate of drug-likeness (QED) is 0.824. The molecule has 5 nitrogen and oxygen atoms in total. The zero-order chi connectivity index (χ0) is 14.0. The minimum Gasteiger partial charge on any atom is -0.481 e. The van der Waals surface area contributed by atoms with Crippen LogP contribution in [0.15, 0.2) is 18.3 Å². The van der Waals surface area contributed by atoms with Crippen LogP contribution >= 0.6 is 0 Å². The average Bonchev–Trinajstić information content (AvgIpc) is 3.05. The number of nitrogens with zero attached hydrogens (tertiary/aromatic N) is 1. The maximum atomic E-state index is 12.1. The molecule has 2 rings (SSSR count). The Hall–Kier alpha value is -1.78. The van der Waals surface area contributed by atoms with E-state index in [9.17, 15) is 9.59 Å². The van der Waals surface area contributed by atoms with Gasteiger partial charge in [-0.3, -0.25) is 9.59 Å². The van der Waals surface area contributed by atoms with Crippen LogP contribution in [0, 0.1) is 11.8 Å². The van der Waals surface area contributed by atoms with Crippen LogP contribution in [0.3, 0.4) is 0 Å². The van der Waals surface area contributed by atoms with Crippen molar-refractivity contribution in [1.29, 1.82) is 0 Å². The van der Waals surface area contributed by atoms with Gasteiger partial charge < -0.3 is 15.0 Å². The van der Waals surface area contributed by atoms with Gasteiger partial charge >= 0.3 is 5.97 Å². The Kier molecular flexibility index (Phi) is 3.93. The normalized spacial score (nSPS) is 16.4. The fourth-order valence-corrected chi connectivity index (χ4v) is 2.16. The monoisotopic (exact) mass is 264 g/mol. The summed E-state index contributed by atoms with van der Waals surface area (Å²) in [5, 5.41) is 11.8. The van der Waals surface area contributed by atoms with Gasteiger partial charge in [0.1, 0.15) is 5.69 Å². The van der Waals surface area contributed by atoms with E-state index in [-0.39, 0.29) is 18.4 Å². The second-order valence-corrected chi connectivity index (χ2v) is 5.43. The van der Waals surface area contributed by atoms with Gasteiger partial charge in [0.25, 0.3) is 5.91 Å². The van der Waals surface area contributed by atoms with Crippen molar-refractivity contribution in [2.24, 2.45) is 11.8 Å². The van der Waals surface area contributed by atoms with Gasteiger partial charge in [-0.25, -0.2) is 0 Å². The van der Waals surface area contributed by atoms with Crippen LogP contribution in [0.2, 0.25) is 0 Å². The topological polar surface area (TPSA) is 71.3 Å². The van der Waals surface area contributed by atoms with Gasteiger partial charge in [-0.05, 0) is 30.9 Å². The van der Waals surface area contributed by atoms with Gasteiger partial charge in [-0.15, -0.1) is 0 Å². The van der Waals surface area contributed by atoms with Gasteiger partial charge in [0.15, 0.2) is 0 Å². The molecule has 19 heavy (non-hydrogen) atoms. The summed E-state index contributed by atoms with van der Waals surface area (Å²) in [4.78, 5) is 23.2. The largest absolute Gasteiger partial charge is 0.481 e. The summed E-state index contributed by atoms with van der Waals surface area (Å²) in [6.45, 7) is 3.86. The van der Waals surface area contributed by atoms with E-state index in [1.54, 1.807) is 6.07 Å². The molecular formula is C14H20N2O3. The fraction of sp³-hybridized carbons (Fsp3) is 0.571. The lowest BCUT2D eigenvalue weighted by Gasteiger charge is -2.17. The third-order valence-electron chi connectivity index (χ3n) is 3.56. The zero-order valence-electron chi connectivity index (χ0n) is 11.3. The molecule has 1 amide bonds. The number of carbonyl (C=O) groups excluding carboxylic acids is 1. The third-order valence-corrected chi connectivity index (χ3v) is 3.56. The van der Waals surface area contributed by atoms with Crippen LogP contribution < -0.4 is 5.32 Å². The molecule has 1 aliphatic carbocycles. The second-order valence-electron chi connectivity index (χ2n) is 5.43. The number of amides is 1. The smallest absolute Gasteiger partial charge is 0.308 e. The van der Waals surface area contributed by atoms with Gasteiger partial charge in [0.2, 0.25) is 0 Å². The molecule has 104 valence electrons. The highest BCUT2D eigenvalue weighted by Gasteiger charge is 2.27.